The lowest BCUT2D eigenvalue weighted by Gasteiger charge is -2.26. The van der Waals surface area contributed by atoms with Crippen molar-refractivity contribution in [2.24, 2.45) is 0 Å². The number of benzene rings is 1. The number of amides is 2. The molecule has 1 saturated carbocycles. The molecule has 0 atom stereocenters. The zero-order valence-corrected chi connectivity index (χ0v) is 9.78. The smallest absolute Gasteiger partial charge is 0.319 e. The van der Waals surface area contributed by atoms with Crippen LogP contribution in [0.15, 0.2) is 24.3 Å². The van der Waals surface area contributed by atoms with Crippen molar-refractivity contribution in [2.75, 3.05) is 11.9 Å². The summed E-state index contributed by atoms with van der Waals surface area (Å²) in [6.45, 7) is 0.148. The minimum Gasteiger partial charge on any atom is -0.396 e. The van der Waals surface area contributed by atoms with E-state index in [4.69, 9.17) is 5.11 Å². The Balaban J connectivity index is 1.82. The first kappa shape index (κ1) is 11.9. The number of urea groups is 1. The second-order valence-electron chi connectivity index (χ2n) is 4.40. The van der Waals surface area contributed by atoms with E-state index in [0.29, 0.717) is 12.5 Å². The summed E-state index contributed by atoms with van der Waals surface area (Å²) in [7, 11) is 0. The fraction of sp³-hybridized carbons (Fsp3) is 0.462. The Bertz CT molecular complexity index is 372. The zero-order valence-electron chi connectivity index (χ0n) is 9.78. The molecule has 1 fully saturated rings. The minimum atomic E-state index is -0.135. The third-order valence-electron chi connectivity index (χ3n) is 3.05. The van der Waals surface area contributed by atoms with Crippen LogP contribution in [0.4, 0.5) is 10.5 Å². The number of hydrogen-bond donors (Lipinski definition) is 3. The summed E-state index contributed by atoms with van der Waals surface area (Å²) in [5.74, 6) is 0. The second kappa shape index (κ2) is 5.68. The van der Waals surface area contributed by atoms with Gasteiger partial charge in [-0.1, -0.05) is 12.1 Å². The average molecular weight is 234 g/mol. The van der Waals surface area contributed by atoms with Crippen molar-refractivity contribution in [3.05, 3.63) is 29.8 Å². The fourth-order valence-electron chi connectivity index (χ4n) is 1.79. The van der Waals surface area contributed by atoms with E-state index in [-0.39, 0.29) is 12.6 Å². The van der Waals surface area contributed by atoms with Crippen molar-refractivity contribution in [3.8, 4) is 0 Å². The molecule has 0 saturated heterocycles. The molecular weight excluding hydrogens is 216 g/mol. The van der Waals surface area contributed by atoms with Crippen molar-refractivity contribution in [1.29, 1.82) is 0 Å². The van der Waals surface area contributed by atoms with E-state index in [9.17, 15) is 4.79 Å². The highest BCUT2D eigenvalue weighted by molar-refractivity contribution is 5.89. The van der Waals surface area contributed by atoms with Crippen LogP contribution in [-0.4, -0.2) is 23.8 Å². The van der Waals surface area contributed by atoms with Crippen LogP contribution in [0.1, 0.15) is 24.8 Å². The molecule has 0 heterocycles. The predicted molar refractivity (Wildman–Crippen MR) is 67.0 cm³/mol. The minimum absolute atomic E-state index is 0.135. The summed E-state index contributed by atoms with van der Waals surface area (Å²) < 4.78 is 0. The van der Waals surface area contributed by atoms with Gasteiger partial charge in [-0.2, -0.15) is 0 Å². The van der Waals surface area contributed by atoms with Gasteiger partial charge in [-0.3, -0.25) is 0 Å². The lowest BCUT2D eigenvalue weighted by atomic mass is 9.93. The Kier molecular flexibility index (Phi) is 3.98. The van der Waals surface area contributed by atoms with Gasteiger partial charge in [0.05, 0.1) is 0 Å². The molecule has 1 aliphatic rings. The van der Waals surface area contributed by atoms with E-state index >= 15 is 0 Å². The van der Waals surface area contributed by atoms with E-state index in [1.165, 1.54) is 6.42 Å². The number of carbonyl (C=O) groups excluding carboxylic acids is 1. The second-order valence-corrected chi connectivity index (χ2v) is 4.40. The molecule has 2 amide bonds. The number of hydrogen-bond acceptors (Lipinski definition) is 2. The molecular formula is C13H18N2O2. The number of anilines is 1. The normalized spacial score (nSPS) is 15.1. The van der Waals surface area contributed by atoms with Gasteiger partial charge in [-0.25, -0.2) is 4.79 Å². The third kappa shape index (κ3) is 3.46. The topological polar surface area (TPSA) is 61.4 Å². The molecule has 4 nitrogen and oxygen atoms in total. The van der Waals surface area contributed by atoms with Gasteiger partial charge in [0.25, 0.3) is 0 Å². The summed E-state index contributed by atoms with van der Waals surface area (Å²) in [4.78, 5) is 11.6. The molecule has 17 heavy (non-hydrogen) atoms. The SMILES string of the molecule is O=C(Nc1ccc(CCO)cc1)NC1CCC1. The van der Waals surface area contributed by atoms with Crippen LogP contribution in [-0.2, 0) is 6.42 Å². The van der Waals surface area contributed by atoms with Crippen LogP contribution in [0.25, 0.3) is 0 Å². The molecule has 1 aliphatic carbocycles. The maximum absolute atomic E-state index is 11.6. The summed E-state index contributed by atoms with van der Waals surface area (Å²) in [6.07, 6.45) is 4.03. The first-order chi connectivity index (χ1) is 8.28. The van der Waals surface area contributed by atoms with Gasteiger partial charge >= 0.3 is 6.03 Å². The van der Waals surface area contributed by atoms with Crippen LogP contribution in [0, 0.1) is 0 Å². The van der Waals surface area contributed by atoms with E-state index in [1.807, 2.05) is 24.3 Å². The zero-order chi connectivity index (χ0) is 12.1. The van der Waals surface area contributed by atoms with Crippen LogP contribution in [0.3, 0.4) is 0 Å². The van der Waals surface area contributed by atoms with E-state index in [0.717, 1.165) is 24.1 Å². The molecule has 0 bridgehead atoms. The molecule has 1 aromatic carbocycles. The number of carbonyl (C=O) groups is 1. The lowest BCUT2D eigenvalue weighted by Crippen LogP contribution is -2.41. The van der Waals surface area contributed by atoms with Crippen molar-refractivity contribution < 1.29 is 9.90 Å². The summed E-state index contributed by atoms with van der Waals surface area (Å²) >= 11 is 0. The van der Waals surface area contributed by atoms with Crippen LogP contribution in [0.2, 0.25) is 0 Å². The Hall–Kier alpha value is -1.55. The van der Waals surface area contributed by atoms with Gasteiger partial charge in [0.2, 0.25) is 0 Å². The highest BCUT2D eigenvalue weighted by Gasteiger charge is 2.19. The maximum Gasteiger partial charge on any atom is 0.319 e. The molecule has 0 spiro atoms. The Labute approximate surface area is 101 Å². The summed E-state index contributed by atoms with van der Waals surface area (Å²) in [5.41, 5.74) is 1.85. The van der Waals surface area contributed by atoms with Crippen molar-refractivity contribution in [1.82, 2.24) is 5.32 Å². The molecule has 92 valence electrons. The Morgan fingerprint density at radius 3 is 2.53 bits per heavy atom. The number of aliphatic hydroxyl groups is 1. The maximum atomic E-state index is 11.6. The van der Waals surface area contributed by atoms with Gasteiger partial charge in [0, 0.05) is 18.3 Å². The van der Waals surface area contributed by atoms with Crippen LogP contribution in [0.5, 0.6) is 0 Å². The van der Waals surface area contributed by atoms with E-state index in [2.05, 4.69) is 10.6 Å². The predicted octanol–water partition coefficient (Wildman–Crippen LogP) is 1.90. The Morgan fingerprint density at radius 1 is 1.29 bits per heavy atom. The van der Waals surface area contributed by atoms with Crippen molar-refractivity contribution >= 4 is 11.7 Å². The van der Waals surface area contributed by atoms with Crippen LogP contribution < -0.4 is 10.6 Å². The first-order valence-corrected chi connectivity index (χ1v) is 6.05. The Morgan fingerprint density at radius 2 is 2.00 bits per heavy atom. The molecule has 2 rings (SSSR count). The molecule has 0 radical (unpaired) electrons. The van der Waals surface area contributed by atoms with Crippen molar-refractivity contribution in [2.45, 2.75) is 31.7 Å². The monoisotopic (exact) mass is 234 g/mol. The highest BCUT2D eigenvalue weighted by Crippen LogP contribution is 2.18. The molecule has 0 aliphatic heterocycles. The van der Waals surface area contributed by atoms with E-state index < -0.39 is 0 Å². The standard InChI is InChI=1S/C13H18N2O2/c16-9-8-10-4-6-12(7-5-10)15-13(17)14-11-2-1-3-11/h4-7,11,16H,1-3,8-9H2,(H2,14,15,17). The average Bonchev–Trinajstić information content (AvgIpc) is 2.27. The van der Waals surface area contributed by atoms with Gasteiger partial charge in [0.15, 0.2) is 0 Å². The largest absolute Gasteiger partial charge is 0.396 e. The molecule has 0 aromatic heterocycles. The number of nitrogens with one attached hydrogen (secondary N) is 2. The lowest BCUT2D eigenvalue weighted by molar-refractivity contribution is 0.240. The van der Waals surface area contributed by atoms with Crippen LogP contribution >= 0.6 is 0 Å². The summed E-state index contributed by atoms with van der Waals surface area (Å²) in [5, 5.41) is 14.5. The molecule has 1 aromatic rings. The summed E-state index contributed by atoms with van der Waals surface area (Å²) in [6, 6.07) is 7.74. The first-order valence-electron chi connectivity index (χ1n) is 6.05. The van der Waals surface area contributed by atoms with E-state index in [1.54, 1.807) is 0 Å². The van der Waals surface area contributed by atoms with Gasteiger partial charge in [-0.05, 0) is 43.4 Å². The van der Waals surface area contributed by atoms with Gasteiger partial charge in [-0.15, -0.1) is 0 Å². The third-order valence-corrected chi connectivity index (χ3v) is 3.05. The van der Waals surface area contributed by atoms with Gasteiger partial charge < -0.3 is 15.7 Å². The number of rotatable bonds is 4. The number of aliphatic hydroxyl groups excluding tert-OH is 1. The molecule has 3 N–H and O–H groups in total. The highest BCUT2D eigenvalue weighted by atomic mass is 16.3. The fourth-order valence-corrected chi connectivity index (χ4v) is 1.79. The quantitative estimate of drug-likeness (QED) is 0.745. The molecule has 0 unspecified atom stereocenters. The van der Waals surface area contributed by atoms with Gasteiger partial charge in [0.1, 0.15) is 0 Å². The molecule has 4 heteroatoms. The van der Waals surface area contributed by atoms with Crippen molar-refractivity contribution in [3.63, 3.8) is 0 Å².